The highest BCUT2D eigenvalue weighted by Gasteiger charge is 2.23. The molecule has 9 heteroatoms. The lowest BCUT2D eigenvalue weighted by Crippen LogP contribution is -2.41. The molecule has 25 heavy (non-hydrogen) atoms. The van der Waals surface area contributed by atoms with Gasteiger partial charge in [-0.2, -0.15) is 0 Å². The van der Waals surface area contributed by atoms with Crippen molar-refractivity contribution in [1.82, 2.24) is 10.3 Å². The zero-order chi connectivity index (χ0) is 18.6. The van der Waals surface area contributed by atoms with Gasteiger partial charge in [0.1, 0.15) is 11.7 Å². The molecule has 2 rings (SSSR count). The van der Waals surface area contributed by atoms with Gasteiger partial charge in [-0.05, 0) is 18.6 Å². The molecule has 0 aliphatic heterocycles. The minimum Gasteiger partial charge on any atom is -0.480 e. The second-order valence-corrected chi connectivity index (χ2v) is 7.09. The lowest BCUT2D eigenvalue weighted by atomic mass is 10.1. The first kappa shape index (κ1) is 18.8. The Balaban J connectivity index is 2.44. The zero-order valence-electron chi connectivity index (χ0n) is 13.6. The number of hydrogen-bond donors (Lipinski definition) is 3. The van der Waals surface area contributed by atoms with Crippen molar-refractivity contribution in [2.24, 2.45) is 5.14 Å². The number of nitrogens with one attached hydrogen (secondary N) is 1. The molecule has 1 atom stereocenters. The van der Waals surface area contributed by atoms with E-state index < -0.39 is 27.9 Å². The minimum atomic E-state index is -3.97. The molecule has 0 radical (unpaired) electrons. The number of unbranched alkanes of at least 4 members (excludes halogenated alkanes) is 1. The Bertz CT molecular complexity index is 911. The third-order valence-electron chi connectivity index (χ3n) is 3.74. The molecule has 0 fully saturated rings. The smallest absolute Gasteiger partial charge is 0.326 e. The highest BCUT2D eigenvalue weighted by atomic mass is 32.2. The fourth-order valence-electron chi connectivity index (χ4n) is 2.50. The van der Waals surface area contributed by atoms with Gasteiger partial charge in [-0.15, -0.1) is 0 Å². The fourth-order valence-corrected chi connectivity index (χ4v) is 3.25. The normalized spacial score (nSPS) is 12.7. The quantitative estimate of drug-likeness (QED) is 0.675. The first-order chi connectivity index (χ1) is 11.8. The Morgan fingerprint density at radius 1 is 1.28 bits per heavy atom. The highest BCUT2D eigenvalue weighted by molar-refractivity contribution is 7.89. The Hall–Kier alpha value is -2.52. The third kappa shape index (κ3) is 4.31. The van der Waals surface area contributed by atoms with Crippen molar-refractivity contribution in [3.05, 3.63) is 36.2 Å². The van der Waals surface area contributed by atoms with Gasteiger partial charge in [0.25, 0.3) is 5.91 Å². The maximum atomic E-state index is 12.5. The van der Waals surface area contributed by atoms with E-state index in [0.717, 1.165) is 6.42 Å². The molecule has 8 nitrogen and oxygen atoms in total. The number of nitrogens with zero attached hydrogens (tertiary/aromatic N) is 1. The van der Waals surface area contributed by atoms with Gasteiger partial charge >= 0.3 is 5.97 Å². The molecule has 4 N–H and O–H groups in total. The van der Waals surface area contributed by atoms with Crippen molar-refractivity contribution >= 4 is 32.7 Å². The third-order valence-corrected chi connectivity index (χ3v) is 4.71. The van der Waals surface area contributed by atoms with E-state index >= 15 is 0 Å². The molecule has 1 aromatic carbocycles. The van der Waals surface area contributed by atoms with Crippen LogP contribution in [0.2, 0.25) is 0 Å². The summed E-state index contributed by atoms with van der Waals surface area (Å²) in [6.07, 6.45) is 3.03. The Kier molecular flexibility index (Phi) is 5.70. The fraction of sp³-hybridized carbons (Fsp3) is 0.312. The number of carbonyl (C=O) groups excluding carboxylic acids is 1. The zero-order valence-corrected chi connectivity index (χ0v) is 14.4. The molecule has 1 amide bonds. The van der Waals surface area contributed by atoms with Gasteiger partial charge in [-0.25, -0.2) is 18.4 Å². The number of aliphatic carboxylic acids is 1. The van der Waals surface area contributed by atoms with E-state index in [1.807, 2.05) is 6.92 Å². The minimum absolute atomic E-state index is 0.0502. The number of benzene rings is 1. The number of rotatable bonds is 7. The van der Waals surface area contributed by atoms with Crippen molar-refractivity contribution in [2.75, 3.05) is 0 Å². The van der Waals surface area contributed by atoms with Crippen LogP contribution in [0.25, 0.3) is 10.8 Å². The lowest BCUT2D eigenvalue weighted by molar-refractivity contribution is -0.139. The van der Waals surface area contributed by atoms with Crippen LogP contribution < -0.4 is 10.5 Å². The first-order valence-corrected chi connectivity index (χ1v) is 9.24. The monoisotopic (exact) mass is 365 g/mol. The molecule has 0 unspecified atom stereocenters. The van der Waals surface area contributed by atoms with Gasteiger partial charge in [0.05, 0.1) is 4.90 Å². The van der Waals surface area contributed by atoms with Gasteiger partial charge in [0.2, 0.25) is 10.0 Å². The number of sulfonamides is 1. The number of fused-ring (bicyclic) bond motifs is 1. The van der Waals surface area contributed by atoms with E-state index in [1.165, 1.54) is 30.5 Å². The molecule has 1 aromatic heterocycles. The Morgan fingerprint density at radius 2 is 2.00 bits per heavy atom. The summed E-state index contributed by atoms with van der Waals surface area (Å²) in [6, 6.07) is 4.73. The maximum absolute atomic E-state index is 12.5. The Morgan fingerprint density at radius 3 is 2.60 bits per heavy atom. The van der Waals surface area contributed by atoms with Crippen LogP contribution in [0.15, 0.2) is 35.4 Å². The number of hydrogen-bond acceptors (Lipinski definition) is 5. The first-order valence-electron chi connectivity index (χ1n) is 7.70. The van der Waals surface area contributed by atoms with Gasteiger partial charge in [-0.3, -0.25) is 9.78 Å². The molecular weight excluding hydrogens is 346 g/mol. The number of carboxylic acids is 1. The summed E-state index contributed by atoms with van der Waals surface area (Å²) in [7, 11) is -3.97. The van der Waals surface area contributed by atoms with E-state index in [4.69, 9.17) is 5.14 Å². The lowest BCUT2D eigenvalue weighted by Gasteiger charge is -2.15. The summed E-state index contributed by atoms with van der Waals surface area (Å²) >= 11 is 0. The van der Waals surface area contributed by atoms with E-state index in [1.54, 1.807) is 0 Å². The summed E-state index contributed by atoms with van der Waals surface area (Å²) in [5, 5.41) is 17.4. The molecule has 0 saturated carbocycles. The molecular formula is C16H19N3O5S. The number of primary sulfonamides is 1. The summed E-state index contributed by atoms with van der Waals surface area (Å²) in [4.78, 5) is 27.6. The van der Waals surface area contributed by atoms with Crippen LogP contribution >= 0.6 is 0 Å². The van der Waals surface area contributed by atoms with Crippen LogP contribution in [-0.2, 0) is 14.8 Å². The molecule has 0 bridgehead atoms. The van der Waals surface area contributed by atoms with Gasteiger partial charge in [-0.1, -0.05) is 31.9 Å². The molecule has 134 valence electrons. The molecule has 2 aromatic rings. The number of amides is 1. The summed E-state index contributed by atoms with van der Waals surface area (Å²) < 4.78 is 23.4. The predicted molar refractivity (Wildman–Crippen MR) is 91.5 cm³/mol. The van der Waals surface area contributed by atoms with Crippen molar-refractivity contribution in [3.8, 4) is 0 Å². The summed E-state index contributed by atoms with van der Waals surface area (Å²) in [5.74, 6) is -1.81. The SMILES string of the molecule is CCCC[C@H](NC(=O)c1nccc2c(S(N)(=O)=O)cccc12)C(=O)O. The maximum Gasteiger partial charge on any atom is 0.326 e. The molecule has 1 heterocycles. The van der Waals surface area contributed by atoms with Crippen LogP contribution in [0.3, 0.4) is 0 Å². The number of pyridine rings is 1. The summed E-state index contributed by atoms with van der Waals surface area (Å²) in [5.41, 5.74) is -0.0502. The van der Waals surface area contributed by atoms with Gasteiger partial charge in [0.15, 0.2) is 0 Å². The van der Waals surface area contributed by atoms with Crippen molar-refractivity contribution in [3.63, 3.8) is 0 Å². The topological polar surface area (TPSA) is 139 Å². The molecule has 0 aliphatic carbocycles. The Labute approximate surface area is 145 Å². The predicted octanol–water partition coefficient (Wildman–Crippen LogP) is 1.26. The van der Waals surface area contributed by atoms with Crippen LogP contribution in [0, 0.1) is 0 Å². The highest BCUT2D eigenvalue weighted by Crippen LogP contribution is 2.24. The molecule has 0 aliphatic rings. The molecule has 0 saturated heterocycles. The van der Waals surface area contributed by atoms with Crippen molar-refractivity contribution < 1.29 is 23.1 Å². The average molecular weight is 365 g/mol. The largest absolute Gasteiger partial charge is 0.480 e. The average Bonchev–Trinajstić information content (AvgIpc) is 2.56. The van der Waals surface area contributed by atoms with Crippen LogP contribution in [-0.4, -0.2) is 36.4 Å². The summed E-state index contributed by atoms with van der Waals surface area (Å²) in [6.45, 7) is 1.92. The standard InChI is InChI=1S/C16H19N3O5S/c1-2-3-6-12(16(21)22)19-15(20)14-11-5-4-7-13(25(17,23)24)10(11)8-9-18-14/h4-5,7-9,12H,2-3,6H2,1H3,(H,19,20)(H,21,22)(H2,17,23,24)/t12-/m0/s1. The number of nitrogens with two attached hydrogens (primary N) is 1. The molecule has 0 spiro atoms. The van der Waals surface area contributed by atoms with Crippen LogP contribution in [0.1, 0.15) is 36.7 Å². The second kappa shape index (κ2) is 7.58. The van der Waals surface area contributed by atoms with E-state index in [-0.39, 0.29) is 21.4 Å². The van der Waals surface area contributed by atoms with Crippen LogP contribution in [0.5, 0.6) is 0 Å². The van der Waals surface area contributed by atoms with E-state index in [2.05, 4.69) is 10.3 Å². The van der Waals surface area contributed by atoms with E-state index in [9.17, 15) is 23.1 Å². The number of carbonyl (C=O) groups is 2. The van der Waals surface area contributed by atoms with Crippen molar-refractivity contribution in [1.29, 1.82) is 0 Å². The van der Waals surface area contributed by atoms with Gasteiger partial charge < -0.3 is 10.4 Å². The number of aromatic nitrogens is 1. The van der Waals surface area contributed by atoms with Crippen LogP contribution in [0.4, 0.5) is 0 Å². The van der Waals surface area contributed by atoms with E-state index in [0.29, 0.717) is 12.8 Å². The van der Waals surface area contributed by atoms with Gasteiger partial charge in [0, 0.05) is 17.0 Å². The second-order valence-electron chi connectivity index (χ2n) is 5.56. The number of carboxylic acid groups (broad SMARTS) is 1. The van der Waals surface area contributed by atoms with Crippen molar-refractivity contribution in [2.45, 2.75) is 37.1 Å².